The SMILES string of the molecule is C[C@@H](O)/C=C/c1ccc(Cl)cc1Cl. The fourth-order valence-electron chi connectivity index (χ4n) is 0.880. The first-order valence-electron chi connectivity index (χ1n) is 3.91. The summed E-state index contributed by atoms with van der Waals surface area (Å²) >= 11 is 11.6. The van der Waals surface area contributed by atoms with Gasteiger partial charge in [-0.05, 0) is 24.6 Å². The topological polar surface area (TPSA) is 20.2 Å². The van der Waals surface area contributed by atoms with Gasteiger partial charge in [0.25, 0.3) is 0 Å². The van der Waals surface area contributed by atoms with E-state index in [2.05, 4.69) is 0 Å². The lowest BCUT2D eigenvalue weighted by Gasteiger charge is -1.99. The summed E-state index contributed by atoms with van der Waals surface area (Å²) in [5.41, 5.74) is 0.854. The number of hydrogen-bond acceptors (Lipinski definition) is 1. The minimum atomic E-state index is -0.466. The van der Waals surface area contributed by atoms with Crippen LogP contribution < -0.4 is 0 Å². The number of hydrogen-bond donors (Lipinski definition) is 1. The van der Waals surface area contributed by atoms with Gasteiger partial charge in [0.2, 0.25) is 0 Å². The first kappa shape index (κ1) is 10.6. The van der Waals surface area contributed by atoms with Gasteiger partial charge >= 0.3 is 0 Å². The molecule has 0 fully saturated rings. The van der Waals surface area contributed by atoms with E-state index in [-0.39, 0.29) is 0 Å². The molecule has 0 aliphatic rings. The average molecular weight is 217 g/mol. The lowest BCUT2D eigenvalue weighted by Crippen LogP contribution is -1.91. The molecule has 1 rings (SSSR count). The molecule has 0 radical (unpaired) electrons. The summed E-state index contributed by atoms with van der Waals surface area (Å²) in [7, 11) is 0. The molecule has 3 heteroatoms. The zero-order chi connectivity index (χ0) is 9.84. The van der Waals surface area contributed by atoms with Gasteiger partial charge in [0, 0.05) is 10.0 Å². The van der Waals surface area contributed by atoms with E-state index < -0.39 is 6.10 Å². The molecule has 0 saturated heterocycles. The number of aliphatic hydroxyl groups excluding tert-OH is 1. The molecule has 0 spiro atoms. The highest BCUT2D eigenvalue weighted by Crippen LogP contribution is 2.21. The van der Waals surface area contributed by atoms with Crippen molar-refractivity contribution in [3.05, 3.63) is 39.9 Å². The van der Waals surface area contributed by atoms with E-state index in [4.69, 9.17) is 28.3 Å². The van der Waals surface area contributed by atoms with Crippen molar-refractivity contribution >= 4 is 29.3 Å². The Bertz CT molecular complexity index is 319. The van der Waals surface area contributed by atoms with Crippen LogP contribution in [0.3, 0.4) is 0 Å². The Hall–Kier alpha value is -0.500. The van der Waals surface area contributed by atoms with Crippen LogP contribution in [-0.4, -0.2) is 11.2 Å². The second kappa shape index (κ2) is 4.66. The molecular formula is C10H10Cl2O. The largest absolute Gasteiger partial charge is 0.389 e. The Morgan fingerprint density at radius 1 is 1.38 bits per heavy atom. The molecule has 0 unspecified atom stereocenters. The summed E-state index contributed by atoms with van der Waals surface area (Å²) in [6.45, 7) is 1.68. The van der Waals surface area contributed by atoms with Crippen LogP contribution in [0.1, 0.15) is 12.5 Å². The van der Waals surface area contributed by atoms with Crippen LogP contribution in [0.15, 0.2) is 24.3 Å². The Morgan fingerprint density at radius 2 is 2.08 bits per heavy atom. The number of benzene rings is 1. The summed E-state index contributed by atoms with van der Waals surface area (Å²) in [5, 5.41) is 10.2. The Kier molecular flexibility index (Phi) is 3.79. The van der Waals surface area contributed by atoms with Gasteiger partial charge in [-0.1, -0.05) is 41.4 Å². The van der Waals surface area contributed by atoms with Crippen LogP contribution in [0, 0.1) is 0 Å². The van der Waals surface area contributed by atoms with Crippen LogP contribution in [-0.2, 0) is 0 Å². The van der Waals surface area contributed by atoms with Crippen molar-refractivity contribution in [3.8, 4) is 0 Å². The molecule has 0 amide bonds. The lowest BCUT2D eigenvalue weighted by molar-refractivity contribution is 0.245. The molecule has 1 N–H and O–H groups in total. The molecule has 0 bridgehead atoms. The zero-order valence-electron chi connectivity index (χ0n) is 7.17. The van der Waals surface area contributed by atoms with E-state index in [1.165, 1.54) is 0 Å². The smallest absolute Gasteiger partial charge is 0.0696 e. The summed E-state index contributed by atoms with van der Waals surface area (Å²) in [6, 6.07) is 5.24. The highest BCUT2D eigenvalue weighted by molar-refractivity contribution is 6.35. The quantitative estimate of drug-likeness (QED) is 0.804. The minimum Gasteiger partial charge on any atom is -0.389 e. The maximum atomic E-state index is 9.00. The summed E-state index contributed by atoms with van der Waals surface area (Å²) in [4.78, 5) is 0. The molecule has 1 atom stereocenters. The van der Waals surface area contributed by atoms with Crippen LogP contribution in [0.4, 0.5) is 0 Å². The monoisotopic (exact) mass is 216 g/mol. The van der Waals surface area contributed by atoms with Crippen molar-refractivity contribution in [2.75, 3.05) is 0 Å². The predicted octanol–water partition coefficient (Wildman–Crippen LogP) is 3.39. The van der Waals surface area contributed by atoms with Gasteiger partial charge in [-0.2, -0.15) is 0 Å². The zero-order valence-corrected chi connectivity index (χ0v) is 8.68. The van der Waals surface area contributed by atoms with Gasteiger partial charge in [-0.25, -0.2) is 0 Å². The molecule has 0 heterocycles. The Balaban J connectivity index is 2.90. The van der Waals surface area contributed by atoms with Gasteiger partial charge in [-0.15, -0.1) is 0 Å². The van der Waals surface area contributed by atoms with E-state index in [9.17, 15) is 0 Å². The summed E-state index contributed by atoms with van der Waals surface area (Å²) in [6.07, 6.45) is 2.96. The van der Waals surface area contributed by atoms with E-state index in [0.29, 0.717) is 10.0 Å². The second-order valence-electron chi connectivity index (χ2n) is 2.77. The molecule has 13 heavy (non-hydrogen) atoms. The van der Waals surface area contributed by atoms with Crippen molar-refractivity contribution in [1.29, 1.82) is 0 Å². The van der Waals surface area contributed by atoms with Crippen LogP contribution in [0.25, 0.3) is 6.08 Å². The molecular weight excluding hydrogens is 207 g/mol. The lowest BCUT2D eigenvalue weighted by atomic mass is 10.2. The van der Waals surface area contributed by atoms with E-state index in [0.717, 1.165) is 5.56 Å². The Morgan fingerprint density at radius 3 is 2.62 bits per heavy atom. The second-order valence-corrected chi connectivity index (χ2v) is 3.61. The molecule has 0 aliphatic carbocycles. The molecule has 0 saturated carbocycles. The molecule has 70 valence electrons. The normalized spacial score (nSPS) is 13.5. The van der Waals surface area contributed by atoms with E-state index in [1.807, 2.05) is 6.07 Å². The number of halogens is 2. The number of rotatable bonds is 2. The van der Waals surface area contributed by atoms with Gasteiger partial charge in [-0.3, -0.25) is 0 Å². The highest BCUT2D eigenvalue weighted by atomic mass is 35.5. The van der Waals surface area contributed by atoms with Crippen molar-refractivity contribution in [2.45, 2.75) is 13.0 Å². The third-order valence-electron chi connectivity index (χ3n) is 1.52. The first-order valence-corrected chi connectivity index (χ1v) is 4.66. The van der Waals surface area contributed by atoms with Crippen molar-refractivity contribution in [2.24, 2.45) is 0 Å². The van der Waals surface area contributed by atoms with Crippen LogP contribution >= 0.6 is 23.2 Å². The minimum absolute atomic E-state index is 0.466. The third kappa shape index (κ3) is 3.39. The van der Waals surface area contributed by atoms with E-state index >= 15 is 0 Å². The Labute approximate surface area is 87.6 Å². The summed E-state index contributed by atoms with van der Waals surface area (Å²) < 4.78 is 0. The third-order valence-corrected chi connectivity index (χ3v) is 2.08. The molecule has 1 nitrogen and oxygen atoms in total. The summed E-state index contributed by atoms with van der Waals surface area (Å²) in [5.74, 6) is 0. The first-order chi connectivity index (χ1) is 6.09. The molecule has 1 aromatic carbocycles. The molecule has 1 aromatic rings. The fourth-order valence-corrected chi connectivity index (χ4v) is 1.35. The van der Waals surface area contributed by atoms with Crippen molar-refractivity contribution in [1.82, 2.24) is 0 Å². The highest BCUT2D eigenvalue weighted by Gasteiger charge is 1.97. The maximum absolute atomic E-state index is 9.00. The maximum Gasteiger partial charge on any atom is 0.0696 e. The van der Waals surface area contributed by atoms with Gasteiger partial charge in [0.1, 0.15) is 0 Å². The molecule has 0 aromatic heterocycles. The fraction of sp³-hybridized carbons (Fsp3) is 0.200. The van der Waals surface area contributed by atoms with Crippen LogP contribution in [0.5, 0.6) is 0 Å². The van der Waals surface area contributed by atoms with Gasteiger partial charge in [0.05, 0.1) is 6.10 Å². The van der Waals surface area contributed by atoms with Crippen molar-refractivity contribution in [3.63, 3.8) is 0 Å². The predicted molar refractivity (Wildman–Crippen MR) is 57.2 cm³/mol. The number of aliphatic hydroxyl groups is 1. The molecule has 0 aliphatic heterocycles. The van der Waals surface area contributed by atoms with Crippen molar-refractivity contribution < 1.29 is 5.11 Å². The van der Waals surface area contributed by atoms with E-state index in [1.54, 1.807) is 31.2 Å². The van der Waals surface area contributed by atoms with Gasteiger partial charge in [0.15, 0.2) is 0 Å². The standard InChI is InChI=1S/C10H10Cl2O/c1-7(13)2-3-8-4-5-9(11)6-10(8)12/h2-7,13H,1H3/b3-2+/t7-/m1/s1. The van der Waals surface area contributed by atoms with Gasteiger partial charge < -0.3 is 5.11 Å². The van der Waals surface area contributed by atoms with Crippen LogP contribution in [0.2, 0.25) is 10.0 Å². The average Bonchev–Trinajstić information content (AvgIpc) is 2.02.